The molecular formula is C16H30O8S. The summed E-state index contributed by atoms with van der Waals surface area (Å²) in [5.74, 6) is -1.20. The van der Waals surface area contributed by atoms with Gasteiger partial charge in [0, 0.05) is 6.61 Å². The van der Waals surface area contributed by atoms with Gasteiger partial charge in [-0.05, 0) is 12.8 Å². The molecule has 8 nitrogen and oxygen atoms in total. The van der Waals surface area contributed by atoms with Crippen molar-refractivity contribution in [1.29, 1.82) is 0 Å². The highest BCUT2D eigenvalue weighted by Crippen LogP contribution is 2.19. The normalized spacial score (nSPS) is 12.0. The van der Waals surface area contributed by atoms with Gasteiger partial charge in [0.15, 0.2) is 0 Å². The van der Waals surface area contributed by atoms with Crippen LogP contribution in [-0.2, 0) is 33.2 Å². The van der Waals surface area contributed by atoms with Gasteiger partial charge >= 0.3 is 11.9 Å². The SMILES string of the molecule is CCCCCCOC(=O)C(CC(=O)OCCOCCCC)SOOO. The maximum atomic E-state index is 12.0. The van der Waals surface area contributed by atoms with Gasteiger partial charge in [-0.3, -0.25) is 9.59 Å². The Labute approximate surface area is 153 Å². The van der Waals surface area contributed by atoms with Gasteiger partial charge in [-0.15, -0.1) is 4.33 Å². The third kappa shape index (κ3) is 15.1. The highest BCUT2D eigenvalue weighted by molar-refractivity contribution is 7.95. The summed E-state index contributed by atoms with van der Waals surface area (Å²) < 4.78 is 19.7. The van der Waals surface area contributed by atoms with Crippen LogP contribution in [0.5, 0.6) is 0 Å². The minimum atomic E-state index is -0.980. The number of unbranched alkanes of at least 4 members (excludes halogenated alkanes) is 4. The average Bonchev–Trinajstić information content (AvgIpc) is 2.61. The van der Waals surface area contributed by atoms with Crippen LogP contribution in [-0.4, -0.2) is 48.9 Å². The van der Waals surface area contributed by atoms with E-state index in [1.807, 2.05) is 0 Å². The molecule has 1 N–H and O–H groups in total. The topological polar surface area (TPSA) is 101 Å². The van der Waals surface area contributed by atoms with Gasteiger partial charge in [0.1, 0.15) is 11.9 Å². The Morgan fingerprint density at radius 1 is 0.920 bits per heavy atom. The molecule has 0 aliphatic carbocycles. The molecule has 0 aliphatic rings. The quantitative estimate of drug-likeness (QED) is 0.133. The minimum Gasteiger partial charge on any atom is -0.465 e. The summed E-state index contributed by atoms with van der Waals surface area (Å²) in [6.45, 7) is 5.47. The highest BCUT2D eigenvalue weighted by atomic mass is 32.2. The van der Waals surface area contributed by atoms with Crippen LogP contribution in [0, 0.1) is 0 Å². The van der Waals surface area contributed by atoms with E-state index in [4.69, 9.17) is 19.5 Å². The molecule has 0 saturated heterocycles. The van der Waals surface area contributed by atoms with Gasteiger partial charge < -0.3 is 14.2 Å². The van der Waals surface area contributed by atoms with Crippen LogP contribution in [0.1, 0.15) is 58.8 Å². The Kier molecular flexibility index (Phi) is 17.3. The minimum absolute atomic E-state index is 0.114. The van der Waals surface area contributed by atoms with Crippen LogP contribution in [0.25, 0.3) is 0 Å². The van der Waals surface area contributed by atoms with Crippen LogP contribution in [0.2, 0.25) is 0 Å². The molecule has 0 bridgehead atoms. The average molecular weight is 382 g/mol. The number of hydrogen-bond donors (Lipinski definition) is 1. The zero-order valence-electron chi connectivity index (χ0n) is 15.1. The van der Waals surface area contributed by atoms with E-state index in [1.165, 1.54) is 0 Å². The summed E-state index contributed by atoms with van der Waals surface area (Å²) >= 11 is 0.498. The fourth-order valence-corrected chi connectivity index (χ4v) is 2.27. The number of ether oxygens (including phenoxy) is 3. The van der Waals surface area contributed by atoms with E-state index in [0.717, 1.165) is 38.5 Å². The lowest BCUT2D eigenvalue weighted by Gasteiger charge is -2.13. The smallest absolute Gasteiger partial charge is 0.322 e. The van der Waals surface area contributed by atoms with Gasteiger partial charge in [-0.25, -0.2) is 5.26 Å². The van der Waals surface area contributed by atoms with Crippen molar-refractivity contribution in [3.05, 3.63) is 0 Å². The second kappa shape index (κ2) is 17.9. The zero-order chi connectivity index (χ0) is 18.8. The first kappa shape index (κ1) is 24.1. The van der Waals surface area contributed by atoms with Crippen molar-refractivity contribution < 1.29 is 38.4 Å². The molecule has 25 heavy (non-hydrogen) atoms. The van der Waals surface area contributed by atoms with Crippen molar-refractivity contribution in [2.75, 3.05) is 26.4 Å². The molecule has 0 saturated carbocycles. The summed E-state index contributed by atoms with van der Waals surface area (Å²) in [6.07, 6.45) is 5.62. The molecule has 0 rings (SSSR count). The van der Waals surface area contributed by atoms with Crippen molar-refractivity contribution in [2.45, 2.75) is 64.0 Å². The predicted molar refractivity (Wildman–Crippen MR) is 92.6 cm³/mol. The van der Waals surface area contributed by atoms with E-state index in [1.54, 1.807) is 0 Å². The van der Waals surface area contributed by atoms with Gasteiger partial charge in [-0.2, -0.15) is 0 Å². The molecular weight excluding hydrogens is 352 g/mol. The Bertz CT molecular complexity index is 340. The first-order valence-electron chi connectivity index (χ1n) is 8.69. The van der Waals surface area contributed by atoms with Crippen LogP contribution in [0.15, 0.2) is 0 Å². The molecule has 0 aliphatic heterocycles. The maximum absolute atomic E-state index is 12.0. The lowest BCUT2D eigenvalue weighted by molar-refractivity contribution is -0.432. The van der Waals surface area contributed by atoms with Gasteiger partial charge in [0.05, 0.1) is 31.7 Å². The second-order valence-electron chi connectivity index (χ2n) is 5.35. The van der Waals surface area contributed by atoms with Crippen molar-refractivity contribution >= 4 is 24.0 Å². The number of esters is 2. The number of carbonyl (C=O) groups excluding carboxylic acids is 2. The molecule has 0 radical (unpaired) electrons. The maximum Gasteiger partial charge on any atom is 0.322 e. The number of hydrogen-bond acceptors (Lipinski definition) is 9. The standard InChI is InChI=1S/C16H30O8S/c1-3-5-7-8-10-22-16(18)14(25-24-23-19)13-15(17)21-12-11-20-9-6-4-2/h14,19H,3-13H2,1-2H3. The van der Waals surface area contributed by atoms with Crippen molar-refractivity contribution in [2.24, 2.45) is 0 Å². The van der Waals surface area contributed by atoms with E-state index in [9.17, 15) is 9.59 Å². The Hall–Kier alpha value is -0.870. The van der Waals surface area contributed by atoms with Gasteiger partial charge in [-0.1, -0.05) is 44.6 Å². The molecule has 0 aromatic rings. The lowest BCUT2D eigenvalue weighted by Crippen LogP contribution is -2.26. The molecule has 1 atom stereocenters. The van der Waals surface area contributed by atoms with E-state index in [-0.39, 0.29) is 19.6 Å². The number of carbonyl (C=O) groups is 2. The molecule has 0 spiro atoms. The van der Waals surface area contributed by atoms with Crippen LogP contribution in [0.3, 0.4) is 0 Å². The second-order valence-corrected chi connectivity index (χ2v) is 6.24. The van der Waals surface area contributed by atoms with Gasteiger partial charge in [0.2, 0.25) is 0 Å². The summed E-state index contributed by atoms with van der Waals surface area (Å²) in [4.78, 5) is 23.7. The Balaban J connectivity index is 4.05. The largest absolute Gasteiger partial charge is 0.465 e. The van der Waals surface area contributed by atoms with Crippen LogP contribution in [0.4, 0.5) is 0 Å². The zero-order valence-corrected chi connectivity index (χ0v) is 15.9. The Morgan fingerprint density at radius 2 is 1.68 bits per heavy atom. The number of rotatable bonds is 17. The monoisotopic (exact) mass is 382 g/mol. The molecule has 0 amide bonds. The molecule has 148 valence electrons. The van der Waals surface area contributed by atoms with E-state index in [2.05, 4.69) is 23.2 Å². The summed E-state index contributed by atoms with van der Waals surface area (Å²) in [6, 6.07) is 0. The molecule has 1 unspecified atom stereocenters. The molecule has 0 heterocycles. The first-order chi connectivity index (χ1) is 12.2. The third-order valence-corrected chi connectivity index (χ3v) is 3.91. The molecule has 9 heteroatoms. The van der Waals surface area contributed by atoms with Crippen LogP contribution >= 0.6 is 12.0 Å². The Morgan fingerprint density at radius 3 is 2.36 bits per heavy atom. The summed E-state index contributed by atoms with van der Waals surface area (Å²) in [5, 5.41) is 10.7. The van der Waals surface area contributed by atoms with E-state index in [0.29, 0.717) is 25.3 Å². The summed E-state index contributed by atoms with van der Waals surface area (Å²) in [5.41, 5.74) is 0. The van der Waals surface area contributed by atoms with Crippen LogP contribution < -0.4 is 0 Å². The van der Waals surface area contributed by atoms with Crippen molar-refractivity contribution in [3.8, 4) is 0 Å². The molecule has 0 aromatic carbocycles. The van der Waals surface area contributed by atoms with Gasteiger partial charge in [0.25, 0.3) is 0 Å². The highest BCUT2D eigenvalue weighted by Gasteiger charge is 2.26. The van der Waals surface area contributed by atoms with Crippen molar-refractivity contribution in [1.82, 2.24) is 0 Å². The fourth-order valence-electron chi connectivity index (χ4n) is 1.79. The first-order valence-corrected chi connectivity index (χ1v) is 9.49. The molecule has 0 fully saturated rings. The van der Waals surface area contributed by atoms with E-state index < -0.39 is 17.2 Å². The predicted octanol–water partition coefficient (Wildman–Crippen LogP) is 3.30. The fraction of sp³-hybridized carbons (Fsp3) is 0.875. The summed E-state index contributed by atoms with van der Waals surface area (Å²) in [7, 11) is 0. The van der Waals surface area contributed by atoms with E-state index >= 15 is 0 Å². The lowest BCUT2D eigenvalue weighted by atomic mass is 10.2. The van der Waals surface area contributed by atoms with Crippen molar-refractivity contribution in [3.63, 3.8) is 0 Å². The third-order valence-electron chi connectivity index (χ3n) is 3.18. The molecule has 0 aromatic heterocycles.